The van der Waals surface area contributed by atoms with Gasteiger partial charge in [-0.2, -0.15) is 0 Å². The molecule has 25 heavy (non-hydrogen) atoms. The number of aromatic amines is 1. The zero-order valence-corrected chi connectivity index (χ0v) is 16.3. The Morgan fingerprint density at radius 1 is 1.16 bits per heavy atom. The van der Waals surface area contributed by atoms with Crippen LogP contribution in [-0.4, -0.2) is 30.6 Å². The number of hydrogen-bond donors (Lipinski definition) is 1. The number of aromatic nitrogens is 4. The molecule has 0 unspecified atom stereocenters. The Balaban J connectivity index is 0.00000225. The molecule has 0 aliphatic carbocycles. The van der Waals surface area contributed by atoms with Gasteiger partial charge in [-0.1, -0.05) is 41.6 Å². The van der Waals surface area contributed by atoms with Gasteiger partial charge >= 0.3 is 5.69 Å². The van der Waals surface area contributed by atoms with Crippen LogP contribution in [0.5, 0.6) is 0 Å². The Bertz CT molecular complexity index is 1050. The lowest BCUT2D eigenvalue weighted by Gasteiger charge is -2.00. The van der Waals surface area contributed by atoms with Crippen molar-refractivity contribution in [3.8, 4) is 0 Å². The van der Waals surface area contributed by atoms with Crippen LogP contribution in [0.3, 0.4) is 0 Å². The van der Waals surface area contributed by atoms with E-state index in [1.54, 1.807) is 19.2 Å². The maximum Gasteiger partial charge on any atom is 0.332 e. The molecule has 0 fully saturated rings. The number of benzene rings is 1. The second-order valence-corrected chi connectivity index (χ2v) is 6.49. The summed E-state index contributed by atoms with van der Waals surface area (Å²) in [6.07, 6.45) is 0. The van der Waals surface area contributed by atoms with Crippen molar-refractivity contribution < 1.29 is 21.8 Å². The summed E-state index contributed by atoms with van der Waals surface area (Å²) in [4.78, 5) is 43.4. The zero-order chi connectivity index (χ0) is 17.4. The highest BCUT2D eigenvalue weighted by atomic mass is 79.9. The largest absolute Gasteiger partial charge is 1.00 e. The van der Waals surface area contributed by atoms with Gasteiger partial charge in [-0.15, -0.1) is 0 Å². The fourth-order valence-corrected chi connectivity index (χ4v) is 3.09. The number of hydrogen-bond acceptors (Lipinski definition) is 5. The number of thioether (sulfide) groups is 1. The average molecular weight is 424 g/mol. The fourth-order valence-electron chi connectivity index (χ4n) is 2.33. The van der Waals surface area contributed by atoms with E-state index >= 15 is 0 Å². The van der Waals surface area contributed by atoms with Crippen LogP contribution in [-0.2, 0) is 14.1 Å². The average Bonchev–Trinajstić information content (AvgIpc) is 3.01. The summed E-state index contributed by atoms with van der Waals surface area (Å²) < 4.78 is 2.32. The highest BCUT2D eigenvalue weighted by Gasteiger charge is 2.15. The first-order valence-electron chi connectivity index (χ1n) is 7.27. The Kier molecular flexibility index (Phi) is 5.69. The standard InChI is InChI=1S/C16H16N4O3S.BrH/c1-9-4-6-10(7-5-9)11(21)8-24-15-17-12-13(18-15)19(2)16(23)20(3)14(12)22;/h4-7H,8H2,1-3H3,(H,17,18);1H/p-1. The Morgan fingerprint density at radius 3 is 2.44 bits per heavy atom. The monoisotopic (exact) mass is 423 g/mol. The molecule has 7 nitrogen and oxygen atoms in total. The molecule has 0 amide bonds. The van der Waals surface area contributed by atoms with Crippen LogP contribution in [0, 0.1) is 6.92 Å². The lowest BCUT2D eigenvalue weighted by Crippen LogP contribution is -3.00. The van der Waals surface area contributed by atoms with Crippen molar-refractivity contribution in [3.63, 3.8) is 0 Å². The maximum absolute atomic E-state index is 12.2. The molecular weight excluding hydrogens is 408 g/mol. The number of ketones is 1. The molecule has 0 radical (unpaired) electrons. The van der Waals surface area contributed by atoms with Gasteiger partial charge in [0.15, 0.2) is 22.1 Å². The van der Waals surface area contributed by atoms with Crippen LogP contribution in [0.1, 0.15) is 15.9 Å². The van der Waals surface area contributed by atoms with E-state index in [2.05, 4.69) is 9.97 Å². The molecule has 0 atom stereocenters. The number of carbonyl (C=O) groups excluding carboxylic acids is 1. The topological polar surface area (TPSA) is 89.8 Å². The van der Waals surface area contributed by atoms with Crippen LogP contribution >= 0.6 is 11.8 Å². The molecule has 3 rings (SSSR count). The second-order valence-electron chi connectivity index (χ2n) is 5.52. The minimum atomic E-state index is -0.439. The fraction of sp³-hybridized carbons (Fsp3) is 0.250. The smallest absolute Gasteiger partial charge is 0.332 e. The first-order chi connectivity index (χ1) is 11.4. The van der Waals surface area contributed by atoms with Crippen LogP contribution in [0.4, 0.5) is 0 Å². The molecule has 3 aromatic rings. The summed E-state index contributed by atoms with van der Waals surface area (Å²) in [5, 5.41) is 0.434. The molecule has 9 heteroatoms. The summed E-state index contributed by atoms with van der Waals surface area (Å²) >= 11 is 1.20. The van der Waals surface area contributed by atoms with Crippen molar-refractivity contribution in [1.29, 1.82) is 0 Å². The lowest BCUT2D eigenvalue weighted by molar-refractivity contribution is -0.0000130. The predicted octanol–water partition coefficient (Wildman–Crippen LogP) is -1.75. The van der Waals surface area contributed by atoms with Gasteiger partial charge in [0.2, 0.25) is 0 Å². The van der Waals surface area contributed by atoms with E-state index in [1.165, 1.54) is 23.4 Å². The third-order valence-corrected chi connectivity index (χ3v) is 4.66. The predicted molar refractivity (Wildman–Crippen MR) is 92.8 cm³/mol. The van der Waals surface area contributed by atoms with Crippen molar-refractivity contribution in [1.82, 2.24) is 19.1 Å². The molecule has 0 saturated heterocycles. The molecule has 0 bridgehead atoms. The van der Waals surface area contributed by atoms with E-state index < -0.39 is 11.2 Å². The van der Waals surface area contributed by atoms with E-state index in [0.717, 1.165) is 10.1 Å². The molecule has 132 valence electrons. The Hall–Kier alpha value is -2.13. The number of imidazole rings is 1. The first-order valence-corrected chi connectivity index (χ1v) is 8.25. The molecule has 0 aliphatic heterocycles. The zero-order valence-electron chi connectivity index (χ0n) is 13.9. The number of H-pyrrole nitrogens is 1. The highest BCUT2D eigenvalue weighted by Crippen LogP contribution is 2.18. The van der Waals surface area contributed by atoms with Crippen molar-refractivity contribution in [2.24, 2.45) is 14.1 Å². The van der Waals surface area contributed by atoms with Crippen molar-refractivity contribution in [3.05, 3.63) is 56.2 Å². The summed E-state index contributed by atoms with van der Waals surface area (Å²) in [7, 11) is 2.97. The minimum absolute atomic E-state index is 0. The number of Topliss-reactive ketones (excluding diaryl/α,β-unsaturated/α-hetero) is 1. The van der Waals surface area contributed by atoms with Gasteiger partial charge in [-0.3, -0.25) is 18.7 Å². The normalized spacial score (nSPS) is 10.7. The van der Waals surface area contributed by atoms with E-state index in [9.17, 15) is 14.4 Å². The molecule has 0 saturated carbocycles. The van der Waals surface area contributed by atoms with Gasteiger partial charge in [0.1, 0.15) is 0 Å². The number of fused-ring (bicyclic) bond motifs is 1. The van der Waals surface area contributed by atoms with Crippen LogP contribution in [0.2, 0.25) is 0 Å². The molecular formula is C16H16BrN4O3S-. The van der Waals surface area contributed by atoms with Crippen LogP contribution < -0.4 is 28.2 Å². The Morgan fingerprint density at radius 2 is 1.80 bits per heavy atom. The number of nitrogens with one attached hydrogen (secondary N) is 1. The number of rotatable bonds is 4. The van der Waals surface area contributed by atoms with Crippen molar-refractivity contribution in [2.45, 2.75) is 12.1 Å². The van der Waals surface area contributed by atoms with Gasteiger partial charge in [-0.25, -0.2) is 9.78 Å². The Labute approximate surface area is 157 Å². The first kappa shape index (κ1) is 19.2. The summed E-state index contributed by atoms with van der Waals surface area (Å²) in [6, 6.07) is 7.35. The highest BCUT2D eigenvalue weighted by molar-refractivity contribution is 7.99. The number of aryl methyl sites for hydroxylation is 2. The third-order valence-electron chi connectivity index (χ3n) is 3.79. The molecule has 0 aliphatic rings. The quantitative estimate of drug-likeness (QED) is 0.396. The summed E-state index contributed by atoms with van der Waals surface area (Å²) in [6.45, 7) is 1.96. The number of halogens is 1. The second kappa shape index (κ2) is 7.40. The lowest BCUT2D eigenvalue weighted by atomic mass is 10.1. The number of carbonyl (C=O) groups is 1. The van der Waals surface area contributed by atoms with Gasteiger partial charge in [0, 0.05) is 19.7 Å². The van der Waals surface area contributed by atoms with Gasteiger partial charge in [0.05, 0.1) is 5.75 Å². The van der Waals surface area contributed by atoms with Crippen LogP contribution in [0.25, 0.3) is 11.2 Å². The molecule has 2 aromatic heterocycles. The SMILES string of the molecule is Cc1ccc(C(=O)CSc2nc3c([nH]2)c(=O)n(C)c(=O)n3C)cc1.[Br-]. The van der Waals surface area contributed by atoms with E-state index in [0.29, 0.717) is 10.7 Å². The van der Waals surface area contributed by atoms with E-state index in [-0.39, 0.29) is 39.7 Å². The molecule has 2 heterocycles. The maximum atomic E-state index is 12.2. The van der Waals surface area contributed by atoms with Gasteiger partial charge in [-0.05, 0) is 6.92 Å². The summed E-state index contributed by atoms with van der Waals surface area (Å²) in [5.41, 5.74) is 1.39. The van der Waals surface area contributed by atoms with E-state index in [1.807, 2.05) is 19.1 Å². The number of nitrogens with zero attached hydrogens (tertiary/aromatic N) is 3. The third kappa shape index (κ3) is 3.62. The van der Waals surface area contributed by atoms with Crippen molar-refractivity contribution in [2.75, 3.05) is 5.75 Å². The molecule has 1 N–H and O–H groups in total. The molecule has 1 aromatic carbocycles. The van der Waals surface area contributed by atoms with Crippen molar-refractivity contribution >= 4 is 28.7 Å². The van der Waals surface area contributed by atoms with Gasteiger partial charge < -0.3 is 22.0 Å². The molecule has 0 spiro atoms. The van der Waals surface area contributed by atoms with E-state index in [4.69, 9.17) is 0 Å². The van der Waals surface area contributed by atoms with Gasteiger partial charge in [0.25, 0.3) is 5.56 Å². The minimum Gasteiger partial charge on any atom is -1.00 e. The van der Waals surface area contributed by atoms with Crippen LogP contribution in [0.15, 0.2) is 39.0 Å². The summed E-state index contributed by atoms with van der Waals surface area (Å²) in [5.74, 6) is 0.166.